The van der Waals surface area contributed by atoms with E-state index in [2.05, 4.69) is 0 Å². The van der Waals surface area contributed by atoms with Gasteiger partial charge < -0.3 is 10.2 Å². The summed E-state index contributed by atoms with van der Waals surface area (Å²) in [5.74, 6) is -2.82. The highest BCUT2D eigenvalue weighted by Gasteiger charge is 2.25. The number of rotatable bonds is 4. The topological polar surface area (TPSA) is 57.5 Å². The van der Waals surface area contributed by atoms with Crippen LogP contribution in [-0.2, 0) is 4.79 Å². The van der Waals surface area contributed by atoms with Gasteiger partial charge in [0.25, 0.3) is 0 Å². The number of alkyl halides is 2. The van der Waals surface area contributed by atoms with Gasteiger partial charge in [0.15, 0.2) is 0 Å². The predicted molar refractivity (Wildman–Crippen MR) is 49.1 cm³/mol. The van der Waals surface area contributed by atoms with Crippen LogP contribution in [0.4, 0.5) is 8.78 Å². The van der Waals surface area contributed by atoms with Crippen LogP contribution in [0.1, 0.15) is 17.9 Å². The fourth-order valence-corrected chi connectivity index (χ4v) is 1.30. The van der Waals surface area contributed by atoms with Crippen LogP contribution in [0.5, 0.6) is 5.75 Å². The highest BCUT2D eigenvalue weighted by atomic mass is 19.3. The average Bonchev–Trinajstić information content (AvgIpc) is 2.13. The Morgan fingerprint density at radius 3 is 2.53 bits per heavy atom. The molecule has 0 aliphatic carbocycles. The van der Waals surface area contributed by atoms with Gasteiger partial charge in [-0.1, -0.05) is 12.1 Å². The van der Waals surface area contributed by atoms with Crippen molar-refractivity contribution in [2.45, 2.75) is 18.8 Å². The molecular weight excluding hydrogens is 206 g/mol. The number of phenols is 1. The summed E-state index contributed by atoms with van der Waals surface area (Å²) in [5.41, 5.74) is 0.132. The minimum absolute atomic E-state index is 0.132. The number of carboxylic acids is 1. The molecule has 1 unspecified atom stereocenters. The normalized spacial score (nSPS) is 12.7. The molecule has 0 aromatic heterocycles. The quantitative estimate of drug-likeness (QED) is 0.811. The van der Waals surface area contributed by atoms with Crippen molar-refractivity contribution in [1.29, 1.82) is 0 Å². The van der Waals surface area contributed by atoms with Crippen molar-refractivity contribution in [2.24, 2.45) is 0 Å². The van der Waals surface area contributed by atoms with E-state index >= 15 is 0 Å². The van der Waals surface area contributed by atoms with E-state index in [4.69, 9.17) is 10.2 Å². The van der Waals surface area contributed by atoms with Gasteiger partial charge in [-0.15, -0.1) is 0 Å². The SMILES string of the molecule is O=C(O)CC(c1cccc(O)c1)C(F)F. The van der Waals surface area contributed by atoms with Crippen molar-refractivity contribution in [3.05, 3.63) is 29.8 Å². The Morgan fingerprint density at radius 1 is 1.40 bits per heavy atom. The predicted octanol–water partition coefficient (Wildman–Crippen LogP) is 2.22. The number of hydrogen-bond acceptors (Lipinski definition) is 2. The molecule has 0 bridgehead atoms. The van der Waals surface area contributed by atoms with Gasteiger partial charge in [0.05, 0.1) is 12.3 Å². The van der Waals surface area contributed by atoms with E-state index in [9.17, 15) is 13.6 Å². The molecule has 0 aliphatic heterocycles. The van der Waals surface area contributed by atoms with E-state index in [0.29, 0.717) is 0 Å². The number of hydrogen-bond donors (Lipinski definition) is 2. The maximum absolute atomic E-state index is 12.5. The molecule has 0 fully saturated rings. The van der Waals surface area contributed by atoms with Crippen molar-refractivity contribution < 1.29 is 23.8 Å². The molecule has 1 aromatic carbocycles. The lowest BCUT2D eigenvalue weighted by Gasteiger charge is -2.14. The Morgan fingerprint density at radius 2 is 2.07 bits per heavy atom. The lowest BCUT2D eigenvalue weighted by atomic mass is 9.96. The second-order valence-electron chi connectivity index (χ2n) is 3.13. The van der Waals surface area contributed by atoms with Gasteiger partial charge in [0, 0.05) is 0 Å². The standard InChI is InChI=1S/C10H10F2O3/c11-10(12)8(5-9(14)15)6-2-1-3-7(13)4-6/h1-4,8,10,13H,5H2,(H,14,15). The lowest BCUT2D eigenvalue weighted by Crippen LogP contribution is -2.13. The number of phenolic OH excluding ortho intramolecular Hbond substituents is 1. The Kier molecular flexibility index (Phi) is 3.60. The van der Waals surface area contributed by atoms with Gasteiger partial charge in [0.2, 0.25) is 6.43 Å². The smallest absolute Gasteiger partial charge is 0.304 e. The van der Waals surface area contributed by atoms with Crippen molar-refractivity contribution >= 4 is 5.97 Å². The van der Waals surface area contributed by atoms with Gasteiger partial charge in [-0.05, 0) is 17.7 Å². The van der Waals surface area contributed by atoms with Crippen LogP contribution >= 0.6 is 0 Å². The maximum Gasteiger partial charge on any atom is 0.304 e. The summed E-state index contributed by atoms with van der Waals surface area (Å²) in [5, 5.41) is 17.6. The molecule has 82 valence electrons. The van der Waals surface area contributed by atoms with Gasteiger partial charge in [0.1, 0.15) is 5.75 Å². The fourth-order valence-electron chi connectivity index (χ4n) is 1.30. The zero-order valence-electron chi connectivity index (χ0n) is 7.73. The van der Waals surface area contributed by atoms with E-state index in [1.54, 1.807) is 0 Å². The third kappa shape index (κ3) is 3.19. The molecule has 1 rings (SSSR count). The van der Waals surface area contributed by atoms with Crippen LogP contribution in [0.25, 0.3) is 0 Å². The number of carbonyl (C=O) groups is 1. The minimum atomic E-state index is -2.76. The molecule has 0 saturated carbocycles. The zero-order chi connectivity index (χ0) is 11.4. The van der Waals surface area contributed by atoms with Crippen LogP contribution in [0.2, 0.25) is 0 Å². The Bertz CT molecular complexity index is 352. The Balaban J connectivity index is 2.93. The van der Waals surface area contributed by atoms with E-state index < -0.39 is 24.7 Å². The van der Waals surface area contributed by atoms with E-state index in [-0.39, 0.29) is 11.3 Å². The first kappa shape index (κ1) is 11.4. The second-order valence-corrected chi connectivity index (χ2v) is 3.13. The molecule has 0 saturated heterocycles. The molecular formula is C10H10F2O3. The number of halogens is 2. The Labute approximate surface area is 85.0 Å². The summed E-state index contributed by atoms with van der Waals surface area (Å²) in [6.07, 6.45) is -3.41. The summed E-state index contributed by atoms with van der Waals surface area (Å²) in [4.78, 5) is 10.4. The molecule has 3 nitrogen and oxygen atoms in total. The van der Waals surface area contributed by atoms with Crippen molar-refractivity contribution in [3.8, 4) is 5.75 Å². The lowest BCUT2D eigenvalue weighted by molar-refractivity contribution is -0.138. The number of carboxylic acid groups (broad SMARTS) is 1. The molecule has 5 heteroatoms. The highest BCUT2D eigenvalue weighted by molar-refractivity contribution is 5.68. The summed E-state index contributed by atoms with van der Waals surface area (Å²) < 4.78 is 25.1. The highest BCUT2D eigenvalue weighted by Crippen LogP contribution is 2.28. The maximum atomic E-state index is 12.5. The third-order valence-electron chi connectivity index (χ3n) is 2.00. The molecule has 0 amide bonds. The van der Waals surface area contributed by atoms with Crippen molar-refractivity contribution in [3.63, 3.8) is 0 Å². The molecule has 15 heavy (non-hydrogen) atoms. The molecule has 1 aromatic rings. The molecule has 0 radical (unpaired) electrons. The minimum Gasteiger partial charge on any atom is -0.508 e. The van der Waals surface area contributed by atoms with E-state index in [1.165, 1.54) is 18.2 Å². The number of aromatic hydroxyl groups is 1. The first-order valence-electron chi connectivity index (χ1n) is 4.29. The van der Waals surface area contributed by atoms with Crippen molar-refractivity contribution in [2.75, 3.05) is 0 Å². The summed E-state index contributed by atoms with van der Waals surface area (Å²) in [6, 6.07) is 5.27. The molecule has 0 heterocycles. The van der Waals surface area contributed by atoms with Gasteiger partial charge in [-0.3, -0.25) is 4.79 Å². The van der Waals surface area contributed by atoms with Gasteiger partial charge >= 0.3 is 5.97 Å². The monoisotopic (exact) mass is 216 g/mol. The largest absolute Gasteiger partial charge is 0.508 e. The number of aliphatic carboxylic acids is 1. The first-order chi connectivity index (χ1) is 7.00. The molecule has 0 aliphatic rings. The van der Waals surface area contributed by atoms with Crippen molar-refractivity contribution in [1.82, 2.24) is 0 Å². The second kappa shape index (κ2) is 4.72. The van der Waals surface area contributed by atoms with E-state index in [0.717, 1.165) is 6.07 Å². The van der Waals surface area contributed by atoms with Gasteiger partial charge in [-0.2, -0.15) is 0 Å². The van der Waals surface area contributed by atoms with Crippen LogP contribution < -0.4 is 0 Å². The van der Waals surface area contributed by atoms with Crippen LogP contribution in [0, 0.1) is 0 Å². The fraction of sp³-hybridized carbons (Fsp3) is 0.300. The first-order valence-corrected chi connectivity index (χ1v) is 4.29. The summed E-state index contributed by atoms with van der Waals surface area (Å²) in [6.45, 7) is 0. The van der Waals surface area contributed by atoms with Crippen LogP contribution in [-0.4, -0.2) is 22.6 Å². The molecule has 1 atom stereocenters. The summed E-state index contributed by atoms with van der Waals surface area (Å²) >= 11 is 0. The molecule has 2 N–H and O–H groups in total. The van der Waals surface area contributed by atoms with Crippen LogP contribution in [0.15, 0.2) is 24.3 Å². The number of benzene rings is 1. The Hall–Kier alpha value is -1.65. The van der Waals surface area contributed by atoms with E-state index in [1.807, 2.05) is 0 Å². The van der Waals surface area contributed by atoms with Crippen LogP contribution in [0.3, 0.4) is 0 Å². The third-order valence-corrected chi connectivity index (χ3v) is 2.00. The summed E-state index contributed by atoms with van der Waals surface area (Å²) in [7, 11) is 0. The zero-order valence-corrected chi connectivity index (χ0v) is 7.73. The average molecular weight is 216 g/mol. The van der Waals surface area contributed by atoms with Gasteiger partial charge in [-0.25, -0.2) is 8.78 Å². The molecule has 0 spiro atoms.